The van der Waals surface area contributed by atoms with E-state index < -0.39 is 5.97 Å². The third-order valence-corrected chi connectivity index (χ3v) is 1.16. The number of carbonyl (C=O) groups is 1. The van der Waals surface area contributed by atoms with Crippen LogP contribution in [-0.2, 0) is 4.79 Å². The van der Waals surface area contributed by atoms with Crippen molar-refractivity contribution in [3.63, 3.8) is 0 Å². The van der Waals surface area contributed by atoms with E-state index in [1.165, 1.54) is 6.08 Å². The minimum absolute atomic E-state index is 0.843. The van der Waals surface area contributed by atoms with Crippen LogP contribution in [0.1, 0.15) is 5.56 Å². The van der Waals surface area contributed by atoms with Crippen molar-refractivity contribution in [2.75, 3.05) is 0 Å². The highest BCUT2D eigenvalue weighted by Gasteiger charge is 1.87. The molecule has 1 N–H and O–H groups in total. The highest BCUT2D eigenvalue weighted by Crippen LogP contribution is 1.99. The van der Waals surface area contributed by atoms with Crippen LogP contribution in [0.2, 0.25) is 0 Å². The summed E-state index contributed by atoms with van der Waals surface area (Å²) in [6, 6.07) is 9.19. The lowest BCUT2D eigenvalue weighted by Gasteiger charge is -1.87. The van der Waals surface area contributed by atoms with Gasteiger partial charge in [0.25, 0.3) is 0 Å². The van der Waals surface area contributed by atoms with Gasteiger partial charge in [0.05, 0.1) is 6.08 Å². The summed E-state index contributed by atoms with van der Waals surface area (Å²) in [6.07, 6.45) is 3.59. The fourth-order valence-electron chi connectivity index (χ4n) is 0.694. The van der Waals surface area contributed by atoms with E-state index in [4.69, 9.17) is 5.11 Å². The minimum Gasteiger partial charge on any atom is -0.478 e. The molecule has 0 saturated heterocycles. The van der Waals surface area contributed by atoms with E-state index in [0.717, 1.165) is 5.56 Å². The topological polar surface area (TPSA) is 37.3 Å². The van der Waals surface area contributed by atoms with Crippen molar-refractivity contribution in [1.82, 2.24) is 0 Å². The molecule has 1 aromatic carbocycles. The van der Waals surface area contributed by atoms with Crippen LogP contribution in [0.15, 0.2) is 30.3 Å². The summed E-state index contributed by atoms with van der Waals surface area (Å²) in [4.78, 5) is 10.0. The summed E-state index contributed by atoms with van der Waals surface area (Å²) in [5.74, 6) is -1.05. The summed E-state index contributed by atoms with van der Waals surface area (Å²) >= 11 is 0. The van der Waals surface area contributed by atoms with Crippen LogP contribution in [0.5, 0.6) is 0 Å². The smallest absolute Gasteiger partial charge is 0.336 e. The molecule has 0 aromatic heterocycles. The predicted octanol–water partition coefficient (Wildman–Crippen LogP) is 1.59. The van der Waals surface area contributed by atoms with Gasteiger partial charge in [-0.2, -0.15) is 0 Å². The molecule has 0 unspecified atom stereocenters. The molecule has 2 nitrogen and oxygen atoms in total. The molecular formula is C9H7O2. The highest BCUT2D eigenvalue weighted by molar-refractivity contribution is 5.80. The second-order valence-electron chi connectivity index (χ2n) is 2.00. The molecule has 2 heteroatoms. The van der Waals surface area contributed by atoms with Crippen molar-refractivity contribution in [2.24, 2.45) is 0 Å². The van der Waals surface area contributed by atoms with Crippen molar-refractivity contribution in [3.05, 3.63) is 42.0 Å². The Kier molecular flexibility index (Phi) is 2.44. The summed E-state index contributed by atoms with van der Waals surface area (Å²) in [7, 11) is 0. The number of benzene rings is 1. The summed E-state index contributed by atoms with van der Waals surface area (Å²) in [5, 5.41) is 8.23. The fourth-order valence-corrected chi connectivity index (χ4v) is 0.694. The van der Waals surface area contributed by atoms with Crippen LogP contribution in [0.4, 0.5) is 0 Å². The number of carboxylic acids is 1. The quantitative estimate of drug-likeness (QED) is 0.645. The highest BCUT2D eigenvalue weighted by atomic mass is 16.4. The first-order valence-corrected chi connectivity index (χ1v) is 3.17. The lowest BCUT2D eigenvalue weighted by atomic mass is 10.2. The molecule has 55 valence electrons. The maximum Gasteiger partial charge on any atom is 0.336 e. The van der Waals surface area contributed by atoms with Crippen LogP contribution >= 0.6 is 0 Å². The second-order valence-corrected chi connectivity index (χ2v) is 2.00. The fraction of sp³-hybridized carbons (Fsp3) is 0. The Morgan fingerprint density at radius 1 is 1.36 bits per heavy atom. The summed E-state index contributed by atoms with van der Waals surface area (Å²) < 4.78 is 0. The number of carboxylic acid groups (broad SMARTS) is 1. The van der Waals surface area contributed by atoms with E-state index in [2.05, 4.69) is 6.08 Å². The first-order chi connectivity index (χ1) is 5.29. The Labute approximate surface area is 64.8 Å². The lowest BCUT2D eigenvalue weighted by Crippen LogP contribution is -1.86. The first kappa shape index (κ1) is 7.54. The average molecular weight is 147 g/mol. The van der Waals surface area contributed by atoms with Gasteiger partial charge in [-0.15, -0.1) is 0 Å². The van der Waals surface area contributed by atoms with Crippen molar-refractivity contribution < 1.29 is 9.90 Å². The molecule has 0 bridgehead atoms. The van der Waals surface area contributed by atoms with Crippen molar-refractivity contribution in [1.29, 1.82) is 0 Å². The van der Waals surface area contributed by atoms with Gasteiger partial charge in [0.1, 0.15) is 0 Å². The Balaban J connectivity index is 2.72. The van der Waals surface area contributed by atoms with Crippen LogP contribution in [-0.4, -0.2) is 11.1 Å². The molecule has 0 heterocycles. The molecule has 1 rings (SSSR count). The van der Waals surface area contributed by atoms with Crippen molar-refractivity contribution in [2.45, 2.75) is 0 Å². The summed E-state index contributed by atoms with van der Waals surface area (Å²) in [6.45, 7) is 0. The molecule has 0 saturated carbocycles. The molecule has 0 spiro atoms. The average Bonchev–Trinajstić information content (AvgIpc) is 2.03. The van der Waals surface area contributed by atoms with E-state index in [-0.39, 0.29) is 0 Å². The number of rotatable bonds is 2. The van der Waals surface area contributed by atoms with Gasteiger partial charge in [0.2, 0.25) is 0 Å². The molecule has 11 heavy (non-hydrogen) atoms. The van der Waals surface area contributed by atoms with E-state index in [1.807, 2.05) is 30.3 Å². The molecule has 0 aliphatic rings. The van der Waals surface area contributed by atoms with E-state index >= 15 is 0 Å². The standard InChI is InChI=1S/C9H7O2/c10-9(11)7-6-8-4-2-1-3-5-8/h1-6H,(H,10,11). The number of aliphatic carboxylic acids is 1. The van der Waals surface area contributed by atoms with Gasteiger partial charge in [-0.3, -0.25) is 0 Å². The zero-order valence-electron chi connectivity index (χ0n) is 5.82. The van der Waals surface area contributed by atoms with Gasteiger partial charge in [-0.1, -0.05) is 30.3 Å². The van der Waals surface area contributed by atoms with Crippen LogP contribution in [0.3, 0.4) is 0 Å². The zero-order chi connectivity index (χ0) is 8.10. The van der Waals surface area contributed by atoms with Crippen LogP contribution in [0, 0.1) is 6.08 Å². The van der Waals surface area contributed by atoms with Gasteiger partial charge < -0.3 is 5.11 Å². The van der Waals surface area contributed by atoms with Gasteiger partial charge in [0, 0.05) is 0 Å². The molecule has 1 aromatic rings. The Bertz CT molecular complexity index is 262. The third kappa shape index (κ3) is 2.67. The van der Waals surface area contributed by atoms with Crippen LogP contribution < -0.4 is 0 Å². The first-order valence-electron chi connectivity index (χ1n) is 3.17. The summed E-state index contributed by atoms with van der Waals surface area (Å²) in [5.41, 5.74) is 0.843. The molecule has 0 fully saturated rings. The molecule has 0 aliphatic heterocycles. The Morgan fingerprint density at radius 3 is 2.55 bits per heavy atom. The minimum atomic E-state index is -1.05. The van der Waals surface area contributed by atoms with Gasteiger partial charge >= 0.3 is 5.97 Å². The normalized spacial score (nSPS) is 10.2. The SMILES string of the molecule is O=C(O)/[C]=C/c1ccccc1. The zero-order valence-corrected chi connectivity index (χ0v) is 5.82. The predicted molar refractivity (Wildman–Crippen MR) is 41.8 cm³/mol. The van der Waals surface area contributed by atoms with Gasteiger partial charge in [0.15, 0.2) is 0 Å². The van der Waals surface area contributed by atoms with Gasteiger partial charge in [-0.05, 0) is 11.6 Å². The Hall–Kier alpha value is -1.57. The Morgan fingerprint density at radius 2 is 2.00 bits per heavy atom. The maximum absolute atomic E-state index is 10.0. The second kappa shape index (κ2) is 3.56. The van der Waals surface area contributed by atoms with E-state index in [1.54, 1.807) is 0 Å². The maximum atomic E-state index is 10.0. The van der Waals surface area contributed by atoms with Crippen molar-refractivity contribution >= 4 is 12.0 Å². The monoisotopic (exact) mass is 147 g/mol. The third-order valence-electron chi connectivity index (χ3n) is 1.16. The molecule has 1 radical (unpaired) electrons. The molecule has 0 amide bonds. The van der Waals surface area contributed by atoms with E-state index in [9.17, 15) is 4.79 Å². The van der Waals surface area contributed by atoms with E-state index in [0.29, 0.717) is 0 Å². The number of hydrogen-bond donors (Lipinski definition) is 1. The lowest BCUT2D eigenvalue weighted by molar-refractivity contribution is -0.132. The van der Waals surface area contributed by atoms with Crippen LogP contribution in [0.25, 0.3) is 6.08 Å². The largest absolute Gasteiger partial charge is 0.478 e. The number of hydrogen-bond acceptors (Lipinski definition) is 1. The molecule has 0 atom stereocenters. The molecular weight excluding hydrogens is 140 g/mol. The molecule has 0 aliphatic carbocycles. The van der Waals surface area contributed by atoms with Crippen molar-refractivity contribution in [3.8, 4) is 0 Å². The van der Waals surface area contributed by atoms with Gasteiger partial charge in [-0.25, -0.2) is 4.79 Å².